The van der Waals surface area contributed by atoms with Crippen LogP contribution in [0.4, 0.5) is 0 Å². The second-order valence-electron chi connectivity index (χ2n) is 8.43. The second kappa shape index (κ2) is 7.20. The summed E-state index contributed by atoms with van der Waals surface area (Å²) in [7, 11) is 16.0. The summed E-state index contributed by atoms with van der Waals surface area (Å²) in [5, 5.41) is 0. The first-order valence-corrected chi connectivity index (χ1v) is 20.5. The van der Waals surface area contributed by atoms with Crippen molar-refractivity contribution in [1.82, 2.24) is 0 Å². The first kappa shape index (κ1) is 20.3. The third kappa shape index (κ3) is 2.90. The van der Waals surface area contributed by atoms with Crippen molar-refractivity contribution in [2.75, 3.05) is 0 Å². The van der Waals surface area contributed by atoms with Crippen LogP contribution in [0.3, 0.4) is 0 Å². The Labute approximate surface area is 186 Å². The average molecular weight is 510 g/mol. The van der Waals surface area contributed by atoms with E-state index in [0.717, 1.165) is 6.54 Å². The van der Waals surface area contributed by atoms with Gasteiger partial charge in [-0.2, -0.15) is 0 Å². The van der Waals surface area contributed by atoms with Crippen LogP contribution < -0.4 is 6.54 Å². The first-order chi connectivity index (χ1) is 14.4. The van der Waals surface area contributed by atoms with Gasteiger partial charge in [0.15, 0.2) is 0 Å². The Kier molecular flexibility index (Phi) is 4.86. The van der Waals surface area contributed by atoms with Gasteiger partial charge in [0.25, 0.3) is 0 Å². The summed E-state index contributed by atoms with van der Waals surface area (Å²) in [6.07, 6.45) is 0. The van der Waals surface area contributed by atoms with Crippen molar-refractivity contribution in [1.29, 1.82) is 0 Å². The fourth-order valence-corrected chi connectivity index (χ4v) is 21.1. The number of rotatable bonds is 3. The summed E-state index contributed by atoms with van der Waals surface area (Å²) < 4.78 is 2.13. The van der Waals surface area contributed by atoms with Gasteiger partial charge in [-0.05, 0) is 0 Å². The molecule has 30 heavy (non-hydrogen) atoms. The SMILES string of the molecule is Cc1ccc2c(c1)[CH]([Zr]([Cl])([Cl])([c]1ccccc1)[c]1ccccc1)c1cc(C)ccc1-2. The third-order valence-corrected chi connectivity index (χ3v) is 25.0. The Hall–Kier alpha value is -1.66. The Morgan fingerprint density at radius 3 is 1.37 bits per heavy atom. The molecule has 0 unspecified atom stereocenters. The van der Waals surface area contributed by atoms with Gasteiger partial charge in [-0.1, -0.05) is 0 Å². The molecule has 0 amide bonds. The fraction of sp³-hybridized carbons (Fsp3) is 0.111. The topological polar surface area (TPSA) is 0 Å². The van der Waals surface area contributed by atoms with Crippen LogP contribution in [0.1, 0.15) is 25.9 Å². The zero-order valence-electron chi connectivity index (χ0n) is 17.1. The van der Waals surface area contributed by atoms with Crippen molar-refractivity contribution >= 4 is 23.6 Å². The molecule has 0 saturated heterocycles. The Morgan fingerprint density at radius 2 is 0.967 bits per heavy atom. The van der Waals surface area contributed by atoms with Crippen molar-refractivity contribution in [3.05, 3.63) is 119 Å². The van der Waals surface area contributed by atoms with Gasteiger partial charge in [-0.3, -0.25) is 0 Å². The Morgan fingerprint density at radius 1 is 0.567 bits per heavy atom. The van der Waals surface area contributed by atoms with E-state index < -0.39 is 16.4 Å². The molecule has 0 atom stereocenters. The van der Waals surface area contributed by atoms with Crippen molar-refractivity contribution in [2.45, 2.75) is 17.5 Å². The van der Waals surface area contributed by atoms with Gasteiger partial charge in [0, 0.05) is 0 Å². The van der Waals surface area contributed by atoms with Crippen LogP contribution in [0.2, 0.25) is 0 Å². The Bertz CT molecular complexity index is 1150. The molecule has 0 radical (unpaired) electrons. The van der Waals surface area contributed by atoms with Crippen LogP contribution in [0.15, 0.2) is 97.1 Å². The average Bonchev–Trinajstić information content (AvgIpc) is 3.08. The van der Waals surface area contributed by atoms with Crippen molar-refractivity contribution < 1.29 is 16.4 Å². The van der Waals surface area contributed by atoms with E-state index in [1.807, 2.05) is 12.1 Å². The van der Waals surface area contributed by atoms with E-state index in [4.69, 9.17) is 17.0 Å². The number of benzene rings is 4. The van der Waals surface area contributed by atoms with Gasteiger partial charge in [-0.15, -0.1) is 0 Å². The van der Waals surface area contributed by atoms with Crippen LogP contribution in [0.25, 0.3) is 11.1 Å². The van der Waals surface area contributed by atoms with Crippen molar-refractivity contribution in [3.63, 3.8) is 0 Å². The van der Waals surface area contributed by atoms with Crippen LogP contribution in [0.5, 0.6) is 0 Å². The zero-order chi connectivity index (χ0) is 21.0. The molecule has 1 aliphatic rings. The monoisotopic (exact) mass is 507 g/mol. The number of halogens is 2. The van der Waals surface area contributed by atoms with E-state index in [1.165, 1.54) is 33.4 Å². The van der Waals surface area contributed by atoms with Crippen molar-refractivity contribution in [2.24, 2.45) is 0 Å². The Balaban J connectivity index is 1.92. The van der Waals surface area contributed by atoms with Gasteiger partial charge in [-0.25, -0.2) is 0 Å². The molecule has 0 heterocycles. The van der Waals surface area contributed by atoms with Gasteiger partial charge in [0.05, 0.1) is 0 Å². The molecular formula is C27H23Cl2Zr. The fourth-order valence-electron chi connectivity index (χ4n) is 5.03. The second-order valence-corrected chi connectivity index (χ2v) is 28.4. The zero-order valence-corrected chi connectivity index (χ0v) is 21.0. The molecule has 0 bridgehead atoms. The molecule has 0 aromatic heterocycles. The van der Waals surface area contributed by atoms with E-state index in [1.54, 1.807) is 0 Å². The number of aryl methyl sites for hydroxylation is 2. The van der Waals surface area contributed by atoms with E-state index in [-0.39, 0.29) is 3.63 Å². The van der Waals surface area contributed by atoms with Crippen LogP contribution in [-0.2, 0) is 16.4 Å². The standard InChI is InChI=1S/C15H13.2C6H5.2ClH.Zr/c1-10-3-5-14-12(7-10)9-13-8-11(2)4-6-15(13)14;2*1-2-4-6-5-3-1;;;/h3-9H,1-2H3;2*1-5H;2*1H;/q;;;;;+2/p-2. The molecule has 1 aliphatic carbocycles. The molecule has 3 heteroatoms. The molecule has 0 N–H and O–H groups in total. The van der Waals surface area contributed by atoms with Gasteiger partial charge in [0.2, 0.25) is 0 Å². The molecule has 0 saturated carbocycles. The van der Waals surface area contributed by atoms with Crippen molar-refractivity contribution in [3.8, 4) is 11.1 Å². The summed E-state index contributed by atoms with van der Waals surface area (Å²) in [6, 6.07) is 34.2. The molecule has 0 spiro atoms. The minimum atomic E-state index is -4.88. The predicted molar refractivity (Wildman–Crippen MR) is 127 cm³/mol. The summed E-state index contributed by atoms with van der Waals surface area (Å²) in [5.74, 6) is 0. The van der Waals surface area contributed by atoms with Crippen LogP contribution in [0, 0.1) is 13.8 Å². The number of hydrogen-bond acceptors (Lipinski definition) is 0. The van der Waals surface area contributed by atoms with Crippen LogP contribution in [-0.4, -0.2) is 0 Å². The van der Waals surface area contributed by atoms with Gasteiger partial charge < -0.3 is 0 Å². The normalized spacial score (nSPS) is 14.6. The molecule has 0 nitrogen and oxygen atoms in total. The molecule has 149 valence electrons. The number of fused-ring (bicyclic) bond motifs is 3. The maximum absolute atomic E-state index is 7.99. The quantitative estimate of drug-likeness (QED) is 0.278. The maximum atomic E-state index is 7.99. The summed E-state index contributed by atoms with van der Waals surface area (Å²) >= 11 is -4.88. The third-order valence-electron chi connectivity index (χ3n) is 6.44. The van der Waals surface area contributed by atoms with E-state index in [9.17, 15) is 0 Å². The van der Waals surface area contributed by atoms with Gasteiger partial charge >= 0.3 is 188 Å². The molecule has 0 aliphatic heterocycles. The molecular weight excluding hydrogens is 486 g/mol. The molecule has 0 fully saturated rings. The molecule has 4 aromatic carbocycles. The van der Waals surface area contributed by atoms with E-state index in [2.05, 4.69) is 98.8 Å². The van der Waals surface area contributed by atoms with E-state index in [0.29, 0.717) is 0 Å². The summed E-state index contributed by atoms with van der Waals surface area (Å²) in [4.78, 5) is 0. The summed E-state index contributed by atoms with van der Waals surface area (Å²) in [6.45, 7) is 4.28. The first-order valence-electron chi connectivity index (χ1n) is 10.3. The summed E-state index contributed by atoms with van der Waals surface area (Å²) in [5.41, 5.74) is 7.51. The van der Waals surface area contributed by atoms with E-state index >= 15 is 0 Å². The minimum absolute atomic E-state index is 0.0376. The molecule has 4 aromatic rings. The molecule has 5 rings (SSSR count). The van der Waals surface area contributed by atoms with Gasteiger partial charge in [0.1, 0.15) is 0 Å². The predicted octanol–water partition coefficient (Wildman–Crippen LogP) is 7.02. The number of hydrogen-bond donors (Lipinski definition) is 0. The van der Waals surface area contributed by atoms with Crippen LogP contribution >= 0.6 is 17.0 Å².